The number of anilines is 2. The number of benzene rings is 2. The lowest BCUT2D eigenvalue weighted by molar-refractivity contribution is -0.305. The molecule has 2 N–H and O–H groups in total. The first kappa shape index (κ1) is 21.8. The van der Waals surface area contributed by atoms with Gasteiger partial charge in [-0.05, 0) is 54.7 Å². The SMILES string of the molecule is O=C([O-])CCCC(=O)Nc1nc2n(n1)[C@@H](c1ccc(F)cc1)C[C@H](c1ccc(Cl)cc1)N2. The Hall–Kier alpha value is -3.46. The molecule has 166 valence electrons. The number of hydrogen-bond donors (Lipinski definition) is 2. The quantitative estimate of drug-likeness (QED) is 0.565. The summed E-state index contributed by atoms with van der Waals surface area (Å²) in [5, 5.41) is 21.5. The van der Waals surface area contributed by atoms with Gasteiger partial charge >= 0.3 is 0 Å². The first-order valence-electron chi connectivity index (χ1n) is 10.1. The van der Waals surface area contributed by atoms with Crippen molar-refractivity contribution in [3.8, 4) is 0 Å². The molecule has 0 fully saturated rings. The number of aromatic nitrogens is 3. The molecule has 0 saturated carbocycles. The lowest BCUT2D eigenvalue weighted by atomic mass is 9.93. The summed E-state index contributed by atoms with van der Waals surface area (Å²) in [6.07, 6.45) is 0.594. The Morgan fingerprint density at radius 2 is 1.81 bits per heavy atom. The molecule has 1 aromatic heterocycles. The van der Waals surface area contributed by atoms with Crippen LogP contribution in [0.2, 0.25) is 5.02 Å². The smallest absolute Gasteiger partial charge is 0.250 e. The number of aliphatic carboxylic acids is 1. The van der Waals surface area contributed by atoms with Crippen molar-refractivity contribution in [2.24, 2.45) is 0 Å². The van der Waals surface area contributed by atoms with E-state index in [9.17, 15) is 19.1 Å². The van der Waals surface area contributed by atoms with E-state index in [0.717, 1.165) is 11.1 Å². The second kappa shape index (κ2) is 9.35. The van der Waals surface area contributed by atoms with Gasteiger partial charge in [-0.25, -0.2) is 9.07 Å². The lowest BCUT2D eigenvalue weighted by Gasteiger charge is -2.31. The van der Waals surface area contributed by atoms with E-state index in [1.807, 2.05) is 24.3 Å². The molecule has 32 heavy (non-hydrogen) atoms. The predicted molar refractivity (Wildman–Crippen MR) is 114 cm³/mol. The zero-order chi connectivity index (χ0) is 22.7. The van der Waals surface area contributed by atoms with Gasteiger partial charge in [0.1, 0.15) is 5.82 Å². The molecule has 2 heterocycles. The third-order valence-corrected chi connectivity index (χ3v) is 5.50. The van der Waals surface area contributed by atoms with Crippen LogP contribution in [0.5, 0.6) is 0 Å². The topological polar surface area (TPSA) is 112 Å². The van der Waals surface area contributed by atoms with Crippen molar-refractivity contribution in [1.82, 2.24) is 14.8 Å². The number of amides is 1. The van der Waals surface area contributed by atoms with Gasteiger partial charge in [-0.15, -0.1) is 5.10 Å². The molecule has 8 nitrogen and oxygen atoms in total. The van der Waals surface area contributed by atoms with E-state index < -0.39 is 5.97 Å². The number of rotatable bonds is 7. The van der Waals surface area contributed by atoms with Crippen molar-refractivity contribution < 1.29 is 19.1 Å². The average molecular weight is 457 g/mol. The molecule has 0 bridgehead atoms. The Balaban J connectivity index is 1.59. The van der Waals surface area contributed by atoms with E-state index in [0.29, 0.717) is 17.4 Å². The molecule has 0 unspecified atom stereocenters. The summed E-state index contributed by atoms with van der Waals surface area (Å²) in [6, 6.07) is 13.3. The molecule has 1 aliphatic rings. The first-order valence-corrected chi connectivity index (χ1v) is 10.5. The number of nitrogens with zero attached hydrogens (tertiary/aromatic N) is 3. The molecule has 0 aliphatic carbocycles. The van der Waals surface area contributed by atoms with Crippen molar-refractivity contribution in [3.63, 3.8) is 0 Å². The normalized spacial score (nSPS) is 17.3. The summed E-state index contributed by atoms with van der Waals surface area (Å²) >= 11 is 6.02. The van der Waals surface area contributed by atoms with Gasteiger partial charge in [-0.1, -0.05) is 35.9 Å². The first-order chi connectivity index (χ1) is 15.4. The lowest BCUT2D eigenvalue weighted by Crippen LogP contribution is -2.28. The van der Waals surface area contributed by atoms with Crippen LogP contribution in [-0.4, -0.2) is 26.6 Å². The molecule has 2 aromatic carbocycles. The van der Waals surface area contributed by atoms with Crippen LogP contribution in [0.15, 0.2) is 48.5 Å². The highest BCUT2D eigenvalue weighted by Crippen LogP contribution is 2.38. The zero-order valence-corrected chi connectivity index (χ0v) is 17.7. The Morgan fingerprint density at radius 3 is 2.50 bits per heavy atom. The third-order valence-electron chi connectivity index (χ3n) is 5.25. The number of hydrogen-bond acceptors (Lipinski definition) is 6. The van der Waals surface area contributed by atoms with Gasteiger partial charge < -0.3 is 15.2 Å². The molecule has 3 aromatic rings. The largest absolute Gasteiger partial charge is 0.550 e. The van der Waals surface area contributed by atoms with Crippen molar-refractivity contribution in [1.29, 1.82) is 0 Å². The Labute approximate surface area is 188 Å². The Morgan fingerprint density at radius 1 is 1.12 bits per heavy atom. The minimum absolute atomic E-state index is 0.0140. The molecule has 10 heteroatoms. The van der Waals surface area contributed by atoms with Gasteiger partial charge in [-0.3, -0.25) is 10.1 Å². The van der Waals surface area contributed by atoms with Gasteiger partial charge in [0, 0.05) is 17.4 Å². The number of fused-ring (bicyclic) bond motifs is 1. The fraction of sp³-hybridized carbons (Fsp3) is 0.273. The maximum Gasteiger partial charge on any atom is 0.250 e. The number of carboxylic acids is 1. The average Bonchev–Trinajstić information content (AvgIpc) is 3.16. The van der Waals surface area contributed by atoms with Crippen LogP contribution in [0.3, 0.4) is 0 Å². The van der Waals surface area contributed by atoms with Crippen LogP contribution in [0.1, 0.15) is 48.9 Å². The maximum atomic E-state index is 13.5. The zero-order valence-electron chi connectivity index (χ0n) is 16.9. The fourth-order valence-corrected chi connectivity index (χ4v) is 3.81. The summed E-state index contributed by atoms with van der Waals surface area (Å²) in [5.41, 5.74) is 1.86. The van der Waals surface area contributed by atoms with Gasteiger partial charge in [0.25, 0.3) is 5.95 Å². The van der Waals surface area contributed by atoms with Crippen LogP contribution in [0.25, 0.3) is 0 Å². The molecule has 1 amide bonds. The molecule has 0 radical (unpaired) electrons. The summed E-state index contributed by atoms with van der Waals surface area (Å²) in [4.78, 5) is 27.0. The van der Waals surface area contributed by atoms with Gasteiger partial charge in [0.2, 0.25) is 11.9 Å². The summed E-state index contributed by atoms with van der Waals surface area (Å²) < 4.78 is 15.1. The molecular weight excluding hydrogens is 437 g/mol. The maximum absolute atomic E-state index is 13.5. The van der Waals surface area contributed by atoms with Gasteiger partial charge in [0.15, 0.2) is 0 Å². The van der Waals surface area contributed by atoms with Gasteiger partial charge in [0.05, 0.1) is 12.1 Å². The van der Waals surface area contributed by atoms with Crippen LogP contribution in [0, 0.1) is 5.82 Å². The third kappa shape index (κ3) is 5.05. The van der Waals surface area contributed by atoms with Crippen molar-refractivity contribution in [2.75, 3.05) is 10.6 Å². The highest BCUT2D eigenvalue weighted by atomic mass is 35.5. The van der Waals surface area contributed by atoms with E-state index in [-0.39, 0.29) is 49.0 Å². The number of carboxylic acid groups (broad SMARTS) is 1. The van der Waals surface area contributed by atoms with E-state index in [4.69, 9.17) is 11.6 Å². The molecule has 0 spiro atoms. The van der Waals surface area contributed by atoms with E-state index >= 15 is 0 Å². The predicted octanol–water partition coefficient (Wildman–Crippen LogP) is 3.08. The molecule has 1 aliphatic heterocycles. The van der Waals surface area contributed by atoms with Crippen molar-refractivity contribution in [2.45, 2.75) is 37.8 Å². The second-order valence-corrected chi connectivity index (χ2v) is 7.97. The van der Waals surface area contributed by atoms with Gasteiger partial charge in [-0.2, -0.15) is 4.98 Å². The number of carbonyl (C=O) groups is 2. The van der Waals surface area contributed by atoms with Crippen LogP contribution in [-0.2, 0) is 9.59 Å². The molecule has 2 atom stereocenters. The van der Waals surface area contributed by atoms with Crippen LogP contribution >= 0.6 is 11.6 Å². The van der Waals surface area contributed by atoms with Crippen LogP contribution in [0.4, 0.5) is 16.3 Å². The number of nitrogens with one attached hydrogen (secondary N) is 2. The summed E-state index contributed by atoms with van der Waals surface area (Å²) in [6.45, 7) is 0. The Bertz CT molecular complexity index is 1120. The minimum atomic E-state index is -1.20. The molecular formula is C22H20ClFN5O3-. The number of carbonyl (C=O) groups excluding carboxylic acids is 2. The number of halogens is 2. The highest BCUT2D eigenvalue weighted by molar-refractivity contribution is 6.30. The summed E-state index contributed by atoms with van der Waals surface area (Å²) in [5.74, 6) is -1.36. The van der Waals surface area contributed by atoms with E-state index in [1.54, 1.807) is 16.8 Å². The van der Waals surface area contributed by atoms with E-state index in [1.165, 1.54) is 12.1 Å². The molecule has 4 rings (SSSR count). The highest BCUT2D eigenvalue weighted by Gasteiger charge is 2.31. The standard InChI is InChI=1S/C22H21ClFN5O3/c23-15-8-4-13(5-9-15)17-12-18(14-6-10-16(24)11-7-14)29-22(25-17)27-21(28-29)26-19(30)2-1-3-20(31)32/h4-11,17-18H,1-3,12H2,(H,31,32)(H2,25,26,27,28,30)/p-1/t17-,18-/m1/s1. The Kier molecular flexibility index (Phi) is 6.36. The minimum Gasteiger partial charge on any atom is -0.550 e. The summed E-state index contributed by atoms with van der Waals surface area (Å²) in [7, 11) is 0. The van der Waals surface area contributed by atoms with Crippen molar-refractivity contribution >= 4 is 35.4 Å². The molecule has 0 saturated heterocycles. The fourth-order valence-electron chi connectivity index (χ4n) is 3.69. The van der Waals surface area contributed by atoms with Crippen molar-refractivity contribution in [3.05, 3.63) is 70.5 Å². The van der Waals surface area contributed by atoms with E-state index in [2.05, 4.69) is 20.7 Å². The monoisotopic (exact) mass is 456 g/mol. The second-order valence-electron chi connectivity index (χ2n) is 7.53. The van der Waals surface area contributed by atoms with Crippen LogP contribution < -0.4 is 15.7 Å².